The van der Waals surface area contributed by atoms with Gasteiger partial charge in [-0.15, -0.1) is 0 Å². The number of carbonyl (C=O) groups is 1. The molecule has 1 N–H and O–H groups in total. The Hall–Kier alpha value is -0.370. The number of carbonyl (C=O) groups excluding carboxylic acids is 1. The number of hydrogen-bond acceptors (Lipinski definition) is 2. The number of fused-ring (bicyclic) bond motifs is 5. The predicted molar refractivity (Wildman–Crippen MR) is 80.5 cm³/mol. The van der Waals surface area contributed by atoms with Crippen LogP contribution in [0, 0.1) is 76.9 Å². The molecular weight excluding hydrogens is 272 g/mol. The molecule has 0 unspecified atom stereocenters. The predicted octanol–water partition coefficient (Wildman–Crippen LogP) is 2.60. The van der Waals surface area contributed by atoms with Crippen LogP contribution < -0.4 is 0 Å². The van der Waals surface area contributed by atoms with Crippen molar-refractivity contribution in [3.63, 3.8) is 0 Å². The van der Waals surface area contributed by atoms with E-state index in [0.29, 0.717) is 24.4 Å². The number of Topliss-reactive ketones (excluding diaryl/α,β-unsaturated/α-hetero) is 1. The second-order valence-electron chi connectivity index (χ2n) is 9.92. The normalized spacial score (nSPS) is 71.7. The maximum Gasteiger partial charge on any atom is 0.139 e. The molecule has 0 aromatic rings. The summed E-state index contributed by atoms with van der Waals surface area (Å²) in [6.07, 6.45) is 6.69. The molecule has 0 aromatic carbocycles. The lowest BCUT2D eigenvalue weighted by molar-refractivity contribution is -0.126. The monoisotopic (exact) mass is 298 g/mol. The Labute approximate surface area is 132 Å². The van der Waals surface area contributed by atoms with Crippen LogP contribution in [0.15, 0.2) is 0 Å². The van der Waals surface area contributed by atoms with Gasteiger partial charge in [-0.2, -0.15) is 0 Å². The number of aliphatic hydroxyl groups excluding tert-OH is 1. The molecule has 7 aliphatic carbocycles. The largest absolute Gasteiger partial charge is 0.396 e. The van der Waals surface area contributed by atoms with Crippen molar-refractivity contribution >= 4 is 5.78 Å². The SMILES string of the molecule is O=C1[C@H]2[C@H]3[C@H]4[C@H]([C@H]5CC[C@H]1[C@H]53)[C@H](CO)[C@@H]1[C@@H]3CCC[C@@H]3[C@@H]2[C@H]14. The number of hydrogen-bond donors (Lipinski definition) is 1. The minimum Gasteiger partial charge on any atom is -0.396 e. The summed E-state index contributed by atoms with van der Waals surface area (Å²) in [6, 6.07) is 0. The summed E-state index contributed by atoms with van der Waals surface area (Å²) in [5.41, 5.74) is 0. The van der Waals surface area contributed by atoms with E-state index in [4.69, 9.17) is 0 Å². The molecule has 7 saturated carbocycles. The van der Waals surface area contributed by atoms with E-state index in [2.05, 4.69) is 0 Å². The summed E-state index contributed by atoms with van der Waals surface area (Å²) in [5, 5.41) is 10.3. The van der Waals surface area contributed by atoms with Crippen LogP contribution in [0.5, 0.6) is 0 Å². The minimum atomic E-state index is 0.442. The Morgan fingerprint density at radius 1 is 0.773 bits per heavy atom. The van der Waals surface area contributed by atoms with E-state index in [9.17, 15) is 9.90 Å². The minimum absolute atomic E-state index is 0.442. The zero-order chi connectivity index (χ0) is 14.3. The lowest BCUT2D eigenvalue weighted by Gasteiger charge is -2.31. The fourth-order valence-corrected chi connectivity index (χ4v) is 10.6. The molecule has 0 saturated heterocycles. The maximum atomic E-state index is 13.2. The summed E-state index contributed by atoms with van der Waals surface area (Å²) in [4.78, 5) is 13.2. The van der Waals surface area contributed by atoms with Gasteiger partial charge in [-0.05, 0) is 90.8 Å². The van der Waals surface area contributed by atoms with Gasteiger partial charge in [-0.1, -0.05) is 6.42 Å². The van der Waals surface area contributed by atoms with Crippen molar-refractivity contribution < 1.29 is 9.90 Å². The highest BCUT2D eigenvalue weighted by Crippen LogP contribution is 2.82. The summed E-state index contributed by atoms with van der Waals surface area (Å²) < 4.78 is 0. The molecule has 7 rings (SSSR count). The highest BCUT2D eigenvalue weighted by Gasteiger charge is 2.80. The number of ketones is 1. The molecule has 0 spiro atoms. The Morgan fingerprint density at radius 3 is 2.32 bits per heavy atom. The van der Waals surface area contributed by atoms with Crippen LogP contribution in [0.4, 0.5) is 0 Å². The van der Waals surface area contributed by atoms with Gasteiger partial charge in [-0.25, -0.2) is 0 Å². The average Bonchev–Trinajstić information content (AvgIpc) is 3.26. The van der Waals surface area contributed by atoms with E-state index in [1.165, 1.54) is 32.1 Å². The maximum absolute atomic E-state index is 13.2. The summed E-state index contributed by atoms with van der Waals surface area (Å²) in [6.45, 7) is 0.442. The van der Waals surface area contributed by atoms with Crippen LogP contribution in [0.2, 0.25) is 0 Å². The van der Waals surface area contributed by atoms with Gasteiger partial charge in [0.15, 0.2) is 0 Å². The second-order valence-corrected chi connectivity index (χ2v) is 9.92. The Bertz CT molecular complexity index is 578. The fourth-order valence-electron chi connectivity index (χ4n) is 10.6. The number of rotatable bonds is 1. The van der Waals surface area contributed by atoms with E-state index < -0.39 is 0 Å². The van der Waals surface area contributed by atoms with Crippen LogP contribution >= 0.6 is 0 Å². The van der Waals surface area contributed by atoms with Gasteiger partial charge in [0.2, 0.25) is 0 Å². The summed E-state index contributed by atoms with van der Waals surface area (Å²) in [5.74, 6) is 10.4. The van der Waals surface area contributed by atoms with Gasteiger partial charge in [0.25, 0.3) is 0 Å². The van der Waals surface area contributed by atoms with Gasteiger partial charge in [-0.3, -0.25) is 4.79 Å². The highest BCUT2D eigenvalue weighted by molar-refractivity contribution is 5.88. The first-order chi connectivity index (χ1) is 10.8. The molecule has 0 aliphatic heterocycles. The molecule has 2 nitrogen and oxygen atoms in total. The molecule has 0 bridgehead atoms. The van der Waals surface area contributed by atoms with Crippen LogP contribution in [0.3, 0.4) is 0 Å². The molecule has 22 heavy (non-hydrogen) atoms. The molecule has 0 heterocycles. The third-order valence-corrected chi connectivity index (χ3v) is 10.3. The number of aliphatic hydroxyl groups is 1. The zero-order valence-electron chi connectivity index (χ0n) is 13.1. The first-order valence-electron chi connectivity index (χ1n) is 9.97. The first-order valence-corrected chi connectivity index (χ1v) is 9.97. The van der Waals surface area contributed by atoms with Crippen molar-refractivity contribution in [2.75, 3.05) is 6.61 Å². The fraction of sp³-hybridized carbons (Fsp3) is 0.950. The van der Waals surface area contributed by atoms with Crippen molar-refractivity contribution in [2.45, 2.75) is 32.1 Å². The lowest BCUT2D eigenvalue weighted by atomic mass is 9.75. The van der Waals surface area contributed by atoms with E-state index in [0.717, 1.165) is 65.0 Å². The molecule has 2 heteroatoms. The van der Waals surface area contributed by atoms with E-state index >= 15 is 0 Å². The second kappa shape index (κ2) is 3.50. The molecule has 118 valence electrons. The van der Waals surface area contributed by atoms with Crippen LogP contribution in [0.25, 0.3) is 0 Å². The standard InChI is InChI=1S/C20H26O2/c21-6-11-12-7-2-1-3-8(7)15-16(12)17-14(11)9-4-5-10-13(9)18(17)19(15)20(10)22/h7-19,21H,1-6H2/t7-,8+,9+,10+,11-,12+,13+,14-,15-,16+,17+,18-,19-/m1/s1. The summed E-state index contributed by atoms with van der Waals surface area (Å²) in [7, 11) is 0. The Balaban J connectivity index is 1.47. The van der Waals surface area contributed by atoms with Gasteiger partial charge in [0, 0.05) is 18.4 Å². The first kappa shape index (κ1) is 12.1. The van der Waals surface area contributed by atoms with E-state index in [-0.39, 0.29) is 0 Å². The van der Waals surface area contributed by atoms with E-state index in [1.54, 1.807) is 0 Å². The molecule has 0 amide bonds. The molecule has 7 aliphatic rings. The van der Waals surface area contributed by atoms with Crippen LogP contribution in [0.1, 0.15) is 32.1 Å². The smallest absolute Gasteiger partial charge is 0.139 e. The lowest BCUT2D eigenvalue weighted by Crippen LogP contribution is -2.29. The Kier molecular flexibility index (Phi) is 1.92. The van der Waals surface area contributed by atoms with Crippen LogP contribution in [-0.4, -0.2) is 17.5 Å². The highest BCUT2D eigenvalue weighted by atomic mass is 16.3. The molecule has 0 aromatic heterocycles. The third-order valence-electron chi connectivity index (χ3n) is 10.3. The molecular formula is C20H26O2. The topological polar surface area (TPSA) is 37.3 Å². The molecule has 0 radical (unpaired) electrons. The van der Waals surface area contributed by atoms with Gasteiger partial charge >= 0.3 is 0 Å². The van der Waals surface area contributed by atoms with Crippen LogP contribution in [-0.2, 0) is 4.79 Å². The molecule has 13 atom stereocenters. The van der Waals surface area contributed by atoms with Crippen molar-refractivity contribution in [2.24, 2.45) is 76.9 Å². The van der Waals surface area contributed by atoms with Gasteiger partial charge in [0.1, 0.15) is 5.78 Å². The van der Waals surface area contributed by atoms with Gasteiger partial charge < -0.3 is 5.11 Å². The van der Waals surface area contributed by atoms with Gasteiger partial charge in [0.05, 0.1) is 0 Å². The summed E-state index contributed by atoms with van der Waals surface area (Å²) >= 11 is 0. The van der Waals surface area contributed by atoms with Crippen molar-refractivity contribution in [1.82, 2.24) is 0 Å². The van der Waals surface area contributed by atoms with Crippen molar-refractivity contribution in [3.05, 3.63) is 0 Å². The zero-order valence-corrected chi connectivity index (χ0v) is 13.1. The van der Waals surface area contributed by atoms with Crippen molar-refractivity contribution in [1.29, 1.82) is 0 Å². The quantitative estimate of drug-likeness (QED) is 0.808. The third kappa shape index (κ3) is 0.951. The van der Waals surface area contributed by atoms with Crippen molar-refractivity contribution in [3.8, 4) is 0 Å². The average molecular weight is 298 g/mol. The van der Waals surface area contributed by atoms with E-state index in [1.807, 2.05) is 0 Å². The molecule has 7 fully saturated rings. The Morgan fingerprint density at radius 2 is 1.50 bits per heavy atom.